The van der Waals surface area contributed by atoms with Crippen LogP contribution in [0.25, 0.3) is 22.0 Å². The fourth-order valence-electron chi connectivity index (χ4n) is 3.60. The number of nitrogens with zero attached hydrogens (tertiary/aromatic N) is 4. The minimum absolute atomic E-state index is 0.307. The fraction of sp³-hybridized carbons (Fsp3) is 0.174. The van der Waals surface area contributed by atoms with E-state index in [4.69, 9.17) is 4.74 Å². The molecule has 30 heavy (non-hydrogen) atoms. The molecule has 150 valence electrons. The van der Waals surface area contributed by atoms with Gasteiger partial charge in [-0.25, -0.2) is 14.4 Å². The molecule has 0 aliphatic carbocycles. The average Bonchev–Trinajstić information content (AvgIpc) is 2.80. The summed E-state index contributed by atoms with van der Waals surface area (Å²) in [5.74, 6) is 0.143. The van der Waals surface area contributed by atoms with Crippen molar-refractivity contribution >= 4 is 28.2 Å². The van der Waals surface area contributed by atoms with Crippen LogP contribution in [0.4, 0.5) is 21.7 Å². The number of fused-ring (bicyclic) bond motifs is 1. The SMILES string of the molecule is Fc1ccccc1-c1cncc2cnc(Nc3ccc(N4CCOCC4)cc3)nc12. The number of aromatic nitrogens is 3. The average molecular weight is 401 g/mol. The van der Waals surface area contributed by atoms with Crippen LogP contribution in [0.2, 0.25) is 0 Å². The molecule has 0 unspecified atom stereocenters. The van der Waals surface area contributed by atoms with Gasteiger partial charge in [0, 0.05) is 59.6 Å². The molecule has 6 nitrogen and oxygen atoms in total. The van der Waals surface area contributed by atoms with Crippen molar-refractivity contribution in [2.75, 3.05) is 36.5 Å². The van der Waals surface area contributed by atoms with E-state index in [0.29, 0.717) is 22.6 Å². The first-order valence-electron chi connectivity index (χ1n) is 9.83. The van der Waals surface area contributed by atoms with E-state index in [0.717, 1.165) is 43.1 Å². The Morgan fingerprint density at radius 2 is 1.70 bits per heavy atom. The second-order valence-corrected chi connectivity index (χ2v) is 7.07. The Kier molecular flexibility index (Phi) is 4.94. The molecule has 1 aliphatic rings. The number of benzene rings is 2. The van der Waals surface area contributed by atoms with Crippen molar-refractivity contribution in [3.8, 4) is 11.1 Å². The van der Waals surface area contributed by atoms with Gasteiger partial charge in [-0.1, -0.05) is 18.2 Å². The van der Waals surface area contributed by atoms with Crippen molar-refractivity contribution < 1.29 is 9.13 Å². The summed E-state index contributed by atoms with van der Waals surface area (Å²) in [4.78, 5) is 15.5. The van der Waals surface area contributed by atoms with E-state index in [2.05, 4.69) is 37.3 Å². The number of nitrogens with one attached hydrogen (secondary N) is 1. The molecular weight excluding hydrogens is 381 g/mol. The summed E-state index contributed by atoms with van der Waals surface area (Å²) in [6.07, 6.45) is 5.01. The molecule has 7 heteroatoms. The highest BCUT2D eigenvalue weighted by Crippen LogP contribution is 2.29. The number of rotatable bonds is 4. The smallest absolute Gasteiger partial charge is 0.227 e. The fourth-order valence-corrected chi connectivity index (χ4v) is 3.60. The third-order valence-electron chi connectivity index (χ3n) is 5.15. The van der Waals surface area contributed by atoms with E-state index in [9.17, 15) is 4.39 Å². The van der Waals surface area contributed by atoms with E-state index in [-0.39, 0.29) is 5.82 Å². The number of morpholine rings is 1. The van der Waals surface area contributed by atoms with Crippen LogP contribution in [0.3, 0.4) is 0 Å². The topological polar surface area (TPSA) is 63.2 Å². The first kappa shape index (κ1) is 18.4. The van der Waals surface area contributed by atoms with Gasteiger partial charge in [0.05, 0.1) is 18.7 Å². The Hall–Kier alpha value is -3.58. The Bertz CT molecular complexity index is 1180. The van der Waals surface area contributed by atoms with Crippen LogP contribution >= 0.6 is 0 Å². The van der Waals surface area contributed by atoms with Crippen LogP contribution in [0.15, 0.2) is 67.1 Å². The minimum Gasteiger partial charge on any atom is -0.378 e. The Labute approximate surface area is 173 Å². The molecule has 0 amide bonds. The van der Waals surface area contributed by atoms with Gasteiger partial charge in [0.25, 0.3) is 0 Å². The predicted molar refractivity (Wildman–Crippen MR) is 115 cm³/mol. The van der Waals surface area contributed by atoms with Crippen LogP contribution in [-0.4, -0.2) is 41.3 Å². The summed E-state index contributed by atoms with van der Waals surface area (Å²) in [5.41, 5.74) is 3.80. The normalized spacial score (nSPS) is 14.1. The van der Waals surface area contributed by atoms with Crippen LogP contribution in [-0.2, 0) is 4.74 Å². The van der Waals surface area contributed by atoms with Crippen LogP contribution in [0.5, 0.6) is 0 Å². The lowest BCUT2D eigenvalue weighted by molar-refractivity contribution is 0.122. The Morgan fingerprint density at radius 3 is 2.50 bits per heavy atom. The number of ether oxygens (including phenoxy) is 1. The quantitative estimate of drug-likeness (QED) is 0.547. The lowest BCUT2D eigenvalue weighted by Gasteiger charge is -2.28. The summed E-state index contributed by atoms with van der Waals surface area (Å²) in [5, 5.41) is 3.99. The standard InChI is InChI=1S/C23H20FN5O/c24-21-4-2-1-3-19(21)20-15-25-13-16-14-26-23(28-22(16)20)27-17-5-7-18(8-6-17)29-9-11-30-12-10-29/h1-8,13-15H,9-12H2,(H,26,27,28). The molecule has 1 saturated heterocycles. The lowest BCUT2D eigenvalue weighted by atomic mass is 10.1. The highest BCUT2D eigenvalue weighted by Gasteiger charge is 2.13. The van der Waals surface area contributed by atoms with Gasteiger partial charge in [-0.3, -0.25) is 4.98 Å². The molecule has 0 radical (unpaired) electrons. The van der Waals surface area contributed by atoms with Crippen molar-refractivity contribution in [1.82, 2.24) is 15.0 Å². The Balaban J connectivity index is 1.44. The maximum absolute atomic E-state index is 14.3. The van der Waals surface area contributed by atoms with E-state index in [1.165, 1.54) is 6.07 Å². The van der Waals surface area contributed by atoms with Gasteiger partial charge in [0.2, 0.25) is 5.95 Å². The van der Waals surface area contributed by atoms with Crippen molar-refractivity contribution in [3.05, 3.63) is 72.9 Å². The zero-order chi connectivity index (χ0) is 20.3. The highest BCUT2D eigenvalue weighted by atomic mass is 19.1. The van der Waals surface area contributed by atoms with Crippen LogP contribution < -0.4 is 10.2 Å². The van der Waals surface area contributed by atoms with Crippen LogP contribution in [0, 0.1) is 5.82 Å². The molecule has 0 spiro atoms. The first-order valence-corrected chi connectivity index (χ1v) is 9.83. The van der Waals surface area contributed by atoms with Gasteiger partial charge in [0.15, 0.2) is 0 Å². The number of halogens is 1. The number of hydrogen-bond donors (Lipinski definition) is 1. The second kappa shape index (κ2) is 8.04. The molecule has 5 rings (SSSR count). The maximum atomic E-state index is 14.3. The monoisotopic (exact) mass is 401 g/mol. The third-order valence-corrected chi connectivity index (χ3v) is 5.15. The van der Waals surface area contributed by atoms with E-state index in [1.807, 2.05) is 12.1 Å². The van der Waals surface area contributed by atoms with E-state index < -0.39 is 0 Å². The molecule has 1 fully saturated rings. The molecule has 2 aromatic carbocycles. The van der Waals surface area contributed by atoms with Gasteiger partial charge in [0.1, 0.15) is 5.82 Å². The maximum Gasteiger partial charge on any atom is 0.227 e. The second-order valence-electron chi connectivity index (χ2n) is 7.07. The molecule has 0 bridgehead atoms. The van der Waals surface area contributed by atoms with Gasteiger partial charge in [-0.05, 0) is 30.3 Å². The molecule has 1 N–H and O–H groups in total. The molecular formula is C23H20FN5O. The molecule has 1 aliphatic heterocycles. The van der Waals surface area contributed by atoms with Gasteiger partial charge in [-0.15, -0.1) is 0 Å². The summed E-state index contributed by atoms with van der Waals surface area (Å²) < 4.78 is 19.8. The van der Waals surface area contributed by atoms with Crippen molar-refractivity contribution in [2.24, 2.45) is 0 Å². The highest BCUT2D eigenvalue weighted by molar-refractivity contribution is 5.93. The number of pyridine rings is 1. The summed E-state index contributed by atoms with van der Waals surface area (Å²) in [6, 6.07) is 14.8. The zero-order valence-electron chi connectivity index (χ0n) is 16.3. The minimum atomic E-state index is -0.307. The molecule has 3 heterocycles. The molecule has 2 aromatic heterocycles. The third kappa shape index (κ3) is 3.67. The Morgan fingerprint density at radius 1 is 0.900 bits per heavy atom. The summed E-state index contributed by atoms with van der Waals surface area (Å²) >= 11 is 0. The largest absolute Gasteiger partial charge is 0.378 e. The molecule has 0 saturated carbocycles. The first-order chi connectivity index (χ1) is 14.8. The number of anilines is 3. The zero-order valence-corrected chi connectivity index (χ0v) is 16.3. The molecule has 4 aromatic rings. The van der Waals surface area contributed by atoms with Crippen LogP contribution in [0.1, 0.15) is 0 Å². The van der Waals surface area contributed by atoms with Gasteiger partial charge in [-0.2, -0.15) is 0 Å². The summed E-state index contributed by atoms with van der Waals surface area (Å²) in [7, 11) is 0. The predicted octanol–water partition coefficient (Wildman–Crippen LogP) is 4.41. The van der Waals surface area contributed by atoms with Crippen molar-refractivity contribution in [3.63, 3.8) is 0 Å². The lowest BCUT2D eigenvalue weighted by Crippen LogP contribution is -2.36. The number of hydrogen-bond acceptors (Lipinski definition) is 6. The van der Waals surface area contributed by atoms with Crippen molar-refractivity contribution in [1.29, 1.82) is 0 Å². The van der Waals surface area contributed by atoms with E-state index >= 15 is 0 Å². The molecule has 0 atom stereocenters. The van der Waals surface area contributed by atoms with Gasteiger partial charge >= 0.3 is 0 Å². The van der Waals surface area contributed by atoms with Gasteiger partial charge < -0.3 is 15.0 Å². The summed E-state index contributed by atoms with van der Waals surface area (Å²) in [6.45, 7) is 3.30. The van der Waals surface area contributed by atoms with E-state index in [1.54, 1.807) is 36.8 Å². The van der Waals surface area contributed by atoms with Crippen molar-refractivity contribution in [2.45, 2.75) is 0 Å².